The fourth-order valence-corrected chi connectivity index (χ4v) is 3.57. The summed E-state index contributed by atoms with van der Waals surface area (Å²) in [5, 5.41) is 2.94. The summed E-state index contributed by atoms with van der Waals surface area (Å²) in [5.74, 6) is 1.63. The number of aromatic nitrogens is 1. The molecule has 2 aromatic rings. The maximum atomic E-state index is 11.1. The molecule has 1 aromatic carbocycles. The zero-order chi connectivity index (χ0) is 19.5. The van der Waals surface area contributed by atoms with Crippen LogP contribution < -0.4 is 15.0 Å². The molecule has 152 valence electrons. The van der Waals surface area contributed by atoms with Crippen LogP contribution in [0.25, 0.3) is 11.1 Å². The van der Waals surface area contributed by atoms with Gasteiger partial charge in [-0.25, -0.2) is 0 Å². The fourth-order valence-electron chi connectivity index (χ4n) is 3.57. The van der Waals surface area contributed by atoms with Crippen molar-refractivity contribution in [1.82, 2.24) is 15.2 Å². The van der Waals surface area contributed by atoms with Gasteiger partial charge in [-0.15, -0.1) is 0 Å². The van der Waals surface area contributed by atoms with Crippen molar-refractivity contribution in [3.8, 4) is 5.75 Å². The Balaban J connectivity index is 1.29. The highest BCUT2D eigenvalue weighted by atomic mass is 16.5. The standard InChI is InChI=1S/C21H30N4O3/c1-15(22-16(2)26)7-8-24-9-11-25(12-10-24)21-23-19-6-5-18(13-20(19)28-21)27-14-17-3-4-17/h5-6,13,15,17H,3-4,7-12,14H2,1-2H3,(H,22,26). The Labute approximate surface area is 166 Å². The lowest BCUT2D eigenvalue weighted by Gasteiger charge is -2.34. The first-order chi connectivity index (χ1) is 13.6. The lowest BCUT2D eigenvalue weighted by molar-refractivity contribution is -0.119. The third-order valence-electron chi connectivity index (χ3n) is 5.50. The van der Waals surface area contributed by atoms with Crippen LogP contribution in [0.3, 0.4) is 0 Å². The fraction of sp³-hybridized carbons (Fsp3) is 0.619. The van der Waals surface area contributed by atoms with Gasteiger partial charge in [-0.1, -0.05) is 0 Å². The first-order valence-corrected chi connectivity index (χ1v) is 10.3. The van der Waals surface area contributed by atoms with Gasteiger partial charge in [0, 0.05) is 51.8 Å². The number of rotatable bonds is 8. The van der Waals surface area contributed by atoms with E-state index in [1.54, 1.807) is 6.92 Å². The second kappa shape index (κ2) is 8.39. The monoisotopic (exact) mass is 386 g/mol. The minimum absolute atomic E-state index is 0.0365. The number of nitrogens with one attached hydrogen (secondary N) is 1. The van der Waals surface area contributed by atoms with E-state index in [0.717, 1.165) is 68.5 Å². The van der Waals surface area contributed by atoms with Gasteiger partial charge in [0.1, 0.15) is 11.3 Å². The van der Waals surface area contributed by atoms with Crippen molar-refractivity contribution in [2.45, 2.75) is 39.2 Å². The molecule has 1 unspecified atom stereocenters. The normalized spacial score (nSPS) is 19.0. The third-order valence-corrected chi connectivity index (χ3v) is 5.50. The summed E-state index contributed by atoms with van der Waals surface area (Å²) in [6.07, 6.45) is 3.53. The number of ether oxygens (including phenoxy) is 1. The molecule has 2 fully saturated rings. The van der Waals surface area contributed by atoms with Crippen LogP contribution in [0.1, 0.15) is 33.1 Å². The molecule has 1 atom stereocenters. The Bertz CT molecular complexity index is 809. The van der Waals surface area contributed by atoms with Crippen LogP contribution >= 0.6 is 0 Å². The van der Waals surface area contributed by atoms with E-state index >= 15 is 0 Å². The van der Waals surface area contributed by atoms with Gasteiger partial charge in [0.05, 0.1) is 6.61 Å². The van der Waals surface area contributed by atoms with Crippen LogP contribution in [0.5, 0.6) is 5.75 Å². The Kier molecular flexibility index (Phi) is 5.71. The van der Waals surface area contributed by atoms with Crippen molar-refractivity contribution < 1.29 is 13.9 Å². The van der Waals surface area contributed by atoms with E-state index in [1.807, 2.05) is 18.2 Å². The molecule has 1 aliphatic carbocycles. The van der Waals surface area contributed by atoms with E-state index < -0.39 is 0 Å². The molecule has 2 heterocycles. The Hall–Kier alpha value is -2.28. The van der Waals surface area contributed by atoms with Crippen LogP contribution in [0.2, 0.25) is 0 Å². The van der Waals surface area contributed by atoms with E-state index in [9.17, 15) is 4.79 Å². The molecule has 1 aromatic heterocycles. The molecule has 28 heavy (non-hydrogen) atoms. The zero-order valence-electron chi connectivity index (χ0n) is 16.8. The Morgan fingerprint density at radius 2 is 2.11 bits per heavy atom. The quantitative estimate of drug-likeness (QED) is 0.752. The summed E-state index contributed by atoms with van der Waals surface area (Å²) in [7, 11) is 0. The van der Waals surface area contributed by atoms with Gasteiger partial charge in [0.2, 0.25) is 5.91 Å². The number of amides is 1. The number of nitrogens with zero attached hydrogens (tertiary/aromatic N) is 3. The molecule has 2 aliphatic rings. The number of anilines is 1. The lowest BCUT2D eigenvalue weighted by Crippen LogP contribution is -2.47. The number of carbonyl (C=O) groups is 1. The molecule has 0 radical (unpaired) electrons. The van der Waals surface area contributed by atoms with Crippen molar-refractivity contribution in [3.05, 3.63) is 18.2 Å². The topological polar surface area (TPSA) is 70.8 Å². The summed E-state index contributed by atoms with van der Waals surface area (Å²) in [5.41, 5.74) is 1.66. The van der Waals surface area contributed by atoms with Crippen molar-refractivity contribution in [1.29, 1.82) is 0 Å². The number of carbonyl (C=O) groups excluding carboxylic acids is 1. The van der Waals surface area contributed by atoms with Crippen LogP contribution in [0.15, 0.2) is 22.6 Å². The number of hydrogen-bond acceptors (Lipinski definition) is 6. The maximum Gasteiger partial charge on any atom is 0.298 e. The zero-order valence-corrected chi connectivity index (χ0v) is 16.8. The van der Waals surface area contributed by atoms with Gasteiger partial charge in [-0.3, -0.25) is 9.69 Å². The molecule has 7 heteroatoms. The van der Waals surface area contributed by atoms with Crippen LogP contribution in [-0.4, -0.2) is 61.2 Å². The van der Waals surface area contributed by atoms with E-state index in [0.29, 0.717) is 6.01 Å². The van der Waals surface area contributed by atoms with Crippen molar-refractivity contribution in [2.75, 3.05) is 44.2 Å². The highest BCUT2D eigenvalue weighted by Gasteiger charge is 2.23. The lowest BCUT2D eigenvalue weighted by atomic mass is 10.2. The van der Waals surface area contributed by atoms with E-state index in [-0.39, 0.29) is 11.9 Å². The average molecular weight is 386 g/mol. The first-order valence-electron chi connectivity index (χ1n) is 10.3. The number of piperazine rings is 1. The number of oxazole rings is 1. The highest BCUT2D eigenvalue weighted by molar-refractivity contribution is 5.76. The average Bonchev–Trinajstić information content (AvgIpc) is 3.41. The van der Waals surface area contributed by atoms with Crippen LogP contribution in [-0.2, 0) is 4.79 Å². The molecule has 1 N–H and O–H groups in total. The van der Waals surface area contributed by atoms with Gasteiger partial charge in [0.15, 0.2) is 5.58 Å². The smallest absolute Gasteiger partial charge is 0.298 e. The molecule has 4 rings (SSSR count). The number of fused-ring (bicyclic) bond motifs is 1. The Morgan fingerprint density at radius 3 is 2.82 bits per heavy atom. The number of benzene rings is 1. The van der Waals surface area contributed by atoms with Crippen LogP contribution in [0, 0.1) is 5.92 Å². The van der Waals surface area contributed by atoms with Crippen molar-refractivity contribution in [2.24, 2.45) is 5.92 Å². The summed E-state index contributed by atoms with van der Waals surface area (Å²) in [6, 6.07) is 6.81. The molecule has 1 amide bonds. The summed E-state index contributed by atoms with van der Waals surface area (Å²) in [6.45, 7) is 9.15. The SMILES string of the molecule is CC(=O)NC(C)CCN1CCN(c2nc3ccc(OCC4CC4)cc3o2)CC1. The van der Waals surface area contributed by atoms with Gasteiger partial charge in [0.25, 0.3) is 6.01 Å². The molecular weight excluding hydrogens is 356 g/mol. The molecule has 1 aliphatic heterocycles. The van der Waals surface area contributed by atoms with Crippen molar-refractivity contribution in [3.63, 3.8) is 0 Å². The van der Waals surface area contributed by atoms with E-state index in [2.05, 4.69) is 27.0 Å². The molecule has 0 bridgehead atoms. The molecule has 0 spiro atoms. The summed E-state index contributed by atoms with van der Waals surface area (Å²) < 4.78 is 11.9. The molecule has 1 saturated heterocycles. The summed E-state index contributed by atoms with van der Waals surface area (Å²) >= 11 is 0. The predicted molar refractivity (Wildman–Crippen MR) is 109 cm³/mol. The largest absolute Gasteiger partial charge is 0.493 e. The number of hydrogen-bond donors (Lipinski definition) is 1. The second-order valence-electron chi connectivity index (χ2n) is 8.10. The first kappa shape index (κ1) is 19.1. The minimum atomic E-state index is 0.0365. The Morgan fingerprint density at radius 1 is 1.32 bits per heavy atom. The molecular formula is C21H30N4O3. The van der Waals surface area contributed by atoms with Gasteiger partial charge >= 0.3 is 0 Å². The van der Waals surface area contributed by atoms with Gasteiger partial charge in [-0.2, -0.15) is 4.98 Å². The minimum Gasteiger partial charge on any atom is -0.493 e. The third kappa shape index (κ3) is 4.95. The second-order valence-corrected chi connectivity index (χ2v) is 8.10. The van der Waals surface area contributed by atoms with Crippen LogP contribution in [0.4, 0.5) is 6.01 Å². The molecule has 7 nitrogen and oxygen atoms in total. The predicted octanol–water partition coefficient (Wildman–Crippen LogP) is 2.65. The van der Waals surface area contributed by atoms with E-state index in [1.165, 1.54) is 12.8 Å². The summed E-state index contributed by atoms with van der Waals surface area (Å²) in [4.78, 5) is 20.4. The highest BCUT2D eigenvalue weighted by Crippen LogP contribution is 2.31. The van der Waals surface area contributed by atoms with Gasteiger partial charge in [-0.05, 0) is 44.2 Å². The maximum absolute atomic E-state index is 11.1. The van der Waals surface area contributed by atoms with Gasteiger partial charge < -0.3 is 19.4 Å². The van der Waals surface area contributed by atoms with E-state index in [4.69, 9.17) is 9.15 Å². The molecule has 1 saturated carbocycles. The van der Waals surface area contributed by atoms with Crippen molar-refractivity contribution >= 4 is 23.0 Å².